The van der Waals surface area contributed by atoms with Crippen LogP contribution in [0.25, 0.3) is 77.9 Å². The molecule has 0 unspecified atom stereocenters. The normalized spacial score (nSPS) is 11.0. The predicted molar refractivity (Wildman–Crippen MR) is 314 cm³/mol. The van der Waals surface area contributed by atoms with Crippen LogP contribution in [0.1, 0.15) is 0 Å². The summed E-state index contributed by atoms with van der Waals surface area (Å²) in [5.41, 5.74) is 23.3. The van der Waals surface area contributed by atoms with E-state index in [0.717, 1.165) is 39.7 Å². The second-order valence-corrected chi connectivity index (χ2v) is 18.6. The molecule has 0 fully saturated rings. The molecular weight excluding hydrogens is 893 g/mol. The standard InChI is InChI=1S/C72H52N2/c1-5-13-53(14-6-1)56-21-25-58(26-22-56)63-35-45-68(46-36-63)73(67-19-11-4-12-20-67)69-47-37-64(38-48-69)60-29-31-61(32-30-60)66-41-51-72(52-42-66)74(70-43-33-62(34-44-70)55-17-9-3-10-18-55)71-49-39-65(40-50-71)59-27-23-57(24-28-59)54-15-7-2-8-16-54/h1-52H. The zero-order chi connectivity index (χ0) is 49.5. The Labute approximate surface area is 435 Å². The van der Waals surface area contributed by atoms with Crippen LogP contribution >= 0.6 is 0 Å². The smallest absolute Gasteiger partial charge is 0.0462 e. The largest absolute Gasteiger partial charge is 0.311 e. The molecule has 0 spiro atoms. The van der Waals surface area contributed by atoms with E-state index in [-0.39, 0.29) is 0 Å². The molecule has 0 N–H and O–H groups in total. The SMILES string of the molecule is c1ccc(-c2ccc(-c3ccc(N(c4ccccc4)c4ccc(-c5ccc(-c6ccc(N(c7ccc(-c8ccccc8)cc7)c7ccc(-c8ccc(-c9ccccc9)cc8)cc7)cc6)cc5)cc4)cc3)cc2)cc1. The lowest BCUT2D eigenvalue weighted by Crippen LogP contribution is -2.09. The molecule has 0 saturated carbocycles. The predicted octanol–water partition coefficient (Wildman–Crippen LogP) is 20.3. The minimum Gasteiger partial charge on any atom is -0.311 e. The van der Waals surface area contributed by atoms with Gasteiger partial charge in [0.25, 0.3) is 0 Å². The van der Waals surface area contributed by atoms with Crippen molar-refractivity contribution in [1.82, 2.24) is 0 Å². The van der Waals surface area contributed by atoms with E-state index in [1.807, 2.05) is 0 Å². The Hall–Kier alpha value is -9.76. The van der Waals surface area contributed by atoms with Crippen molar-refractivity contribution < 1.29 is 0 Å². The van der Waals surface area contributed by atoms with E-state index in [0.29, 0.717) is 0 Å². The maximum atomic E-state index is 2.34. The van der Waals surface area contributed by atoms with Gasteiger partial charge >= 0.3 is 0 Å². The van der Waals surface area contributed by atoms with Crippen molar-refractivity contribution in [2.24, 2.45) is 0 Å². The molecule has 0 aromatic heterocycles. The first kappa shape index (κ1) is 45.4. The van der Waals surface area contributed by atoms with Gasteiger partial charge in [0.05, 0.1) is 0 Å². The Morgan fingerprint density at radius 3 is 0.405 bits per heavy atom. The zero-order valence-electron chi connectivity index (χ0n) is 40.9. The fourth-order valence-electron chi connectivity index (χ4n) is 9.94. The second kappa shape index (κ2) is 20.9. The van der Waals surface area contributed by atoms with E-state index >= 15 is 0 Å². The molecule has 0 aliphatic carbocycles. The number of hydrogen-bond donors (Lipinski definition) is 0. The van der Waals surface area contributed by atoms with Crippen LogP contribution in [0.2, 0.25) is 0 Å². The van der Waals surface area contributed by atoms with Crippen molar-refractivity contribution in [2.45, 2.75) is 0 Å². The van der Waals surface area contributed by atoms with Crippen LogP contribution in [0.5, 0.6) is 0 Å². The minimum absolute atomic E-state index is 1.09. The molecule has 0 heterocycles. The summed E-state index contributed by atoms with van der Waals surface area (Å²) in [6.45, 7) is 0. The Morgan fingerprint density at radius 2 is 0.230 bits per heavy atom. The molecule has 0 radical (unpaired) electrons. The molecule has 12 rings (SSSR count). The highest BCUT2D eigenvalue weighted by Gasteiger charge is 2.16. The summed E-state index contributed by atoms with van der Waals surface area (Å²) < 4.78 is 0. The first-order valence-corrected chi connectivity index (χ1v) is 25.3. The van der Waals surface area contributed by atoms with Gasteiger partial charge in [0.2, 0.25) is 0 Å². The minimum atomic E-state index is 1.09. The van der Waals surface area contributed by atoms with E-state index in [1.54, 1.807) is 0 Å². The van der Waals surface area contributed by atoms with Crippen LogP contribution in [-0.4, -0.2) is 0 Å². The summed E-state index contributed by atoms with van der Waals surface area (Å²) in [6.07, 6.45) is 0. The van der Waals surface area contributed by atoms with Crippen LogP contribution in [0, 0.1) is 0 Å². The fraction of sp³-hybridized carbons (Fsp3) is 0. The maximum absolute atomic E-state index is 2.34. The third-order valence-electron chi connectivity index (χ3n) is 14.0. The average Bonchev–Trinajstić information content (AvgIpc) is 3.49. The summed E-state index contributed by atoms with van der Waals surface area (Å²) in [6, 6.07) is 113. The molecular formula is C72H52N2. The molecule has 350 valence electrons. The third kappa shape index (κ3) is 9.81. The fourth-order valence-corrected chi connectivity index (χ4v) is 9.94. The molecule has 12 aromatic rings. The lowest BCUT2D eigenvalue weighted by atomic mass is 9.99. The molecule has 0 saturated heterocycles. The van der Waals surface area contributed by atoms with Crippen molar-refractivity contribution in [3.63, 3.8) is 0 Å². The van der Waals surface area contributed by atoms with Gasteiger partial charge in [0.1, 0.15) is 0 Å². The van der Waals surface area contributed by atoms with E-state index in [9.17, 15) is 0 Å². The molecule has 2 nitrogen and oxygen atoms in total. The molecule has 12 aromatic carbocycles. The van der Waals surface area contributed by atoms with Crippen molar-refractivity contribution in [1.29, 1.82) is 0 Å². The van der Waals surface area contributed by atoms with E-state index in [4.69, 9.17) is 0 Å². The average molecular weight is 945 g/mol. The number of anilines is 6. The van der Waals surface area contributed by atoms with Crippen LogP contribution in [0.15, 0.2) is 315 Å². The Kier molecular flexibility index (Phi) is 12.8. The topological polar surface area (TPSA) is 6.48 Å². The van der Waals surface area contributed by atoms with Gasteiger partial charge in [-0.25, -0.2) is 0 Å². The van der Waals surface area contributed by atoms with Gasteiger partial charge in [-0.2, -0.15) is 0 Å². The first-order valence-electron chi connectivity index (χ1n) is 25.3. The van der Waals surface area contributed by atoms with Crippen molar-refractivity contribution in [3.05, 3.63) is 315 Å². The third-order valence-corrected chi connectivity index (χ3v) is 14.0. The highest BCUT2D eigenvalue weighted by molar-refractivity contribution is 5.84. The second-order valence-electron chi connectivity index (χ2n) is 18.6. The Bertz CT molecular complexity index is 3710. The van der Waals surface area contributed by atoms with Crippen LogP contribution in [0.3, 0.4) is 0 Å². The highest BCUT2D eigenvalue weighted by Crippen LogP contribution is 2.40. The lowest BCUT2D eigenvalue weighted by Gasteiger charge is -2.26. The molecule has 0 amide bonds. The van der Waals surface area contributed by atoms with Gasteiger partial charge in [-0.05, 0) is 151 Å². The van der Waals surface area contributed by atoms with Gasteiger partial charge in [-0.1, -0.05) is 243 Å². The monoisotopic (exact) mass is 944 g/mol. The molecule has 74 heavy (non-hydrogen) atoms. The number of nitrogens with zero attached hydrogens (tertiary/aromatic N) is 2. The van der Waals surface area contributed by atoms with Gasteiger partial charge in [0, 0.05) is 34.1 Å². The van der Waals surface area contributed by atoms with E-state index in [2.05, 4.69) is 325 Å². The van der Waals surface area contributed by atoms with E-state index < -0.39 is 0 Å². The first-order chi connectivity index (χ1) is 36.7. The van der Waals surface area contributed by atoms with E-state index in [1.165, 1.54) is 72.3 Å². The van der Waals surface area contributed by atoms with Crippen LogP contribution in [0.4, 0.5) is 34.1 Å². The summed E-state index contributed by atoms with van der Waals surface area (Å²) in [5, 5.41) is 0. The highest BCUT2D eigenvalue weighted by atomic mass is 15.1. The Morgan fingerprint density at radius 1 is 0.108 bits per heavy atom. The number of benzene rings is 12. The number of hydrogen-bond acceptors (Lipinski definition) is 2. The van der Waals surface area contributed by atoms with Crippen molar-refractivity contribution in [2.75, 3.05) is 9.80 Å². The van der Waals surface area contributed by atoms with Gasteiger partial charge in [-0.3, -0.25) is 0 Å². The Balaban J connectivity index is 0.775. The van der Waals surface area contributed by atoms with Crippen molar-refractivity contribution >= 4 is 34.1 Å². The summed E-state index contributed by atoms with van der Waals surface area (Å²) in [5.74, 6) is 0. The maximum Gasteiger partial charge on any atom is 0.0462 e. The summed E-state index contributed by atoms with van der Waals surface area (Å²) in [4.78, 5) is 4.66. The molecule has 0 atom stereocenters. The van der Waals surface area contributed by atoms with Gasteiger partial charge < -0.3 is 9.80 Å². The summed E-state index contributed by atoms with van der Waals surface area (Å²) >= 11 is 0. The number of rotatable bonds is 13. The lowest BCUT2D eigenvalue weighted by molar-refractivity contribution is 1.28. The van der Waals surface area contributed by atoms with Gasteiger partial charge in [-0.15, -0.1) is 0 Å². The van der Waals surface area contributed by atoms with Crippen LogP contribution in [-0.2, 0) is 0 Å². The zero-order valence-corrected chi connectivity index (χ0v) is 40.9. The molecule has 0 aliphatic rings. The van der Waals surface area contributed by atoms with Crippen LogP contribution < -0.4 is 9.80 Å². The molecule has 0 bridgehead atoms. The quantitative estimate of drug-likeness (QED) is 0.114. The molecule has 0 aliphatic heterocycles. The molecule has 2 heteroatoms. The number of para-hydroxylation sites is 1. The summed E-state index contributed by atoms with van der Waals surface area (Å²) in [7, 11) is 0. The van der Waals surface area contributed by atoms with Crippen molar-refractivity contribution in [3.8, 4) is 77.9 Å². The van der Waals surface area contributed by atoms with Gasteiger partial charge in [0.15, 0.2) is 0 Å².